The molecule has 2 aromatic heterocycles. The fourth-order valence-electron chi connectivity index (χ4n) is 2.37. The van der Waals surface area contributed by atoms with Gasteiger partial charge in [0.2, 0.25) is 5.95 Å². The Morgan fingerprint density at radius 2 is 1.95 bits per heavy atom. The molecule has 2 N–H and O–H groups in total. The SMILES string of the molecule is Cc1cnc2c(c1)nc(N)n2C(C)c1ccc(F)cc1. The molecule has 5 heteroatoms. The van der Waals surface area contributed by atoms with Gasteiger partial charge in [-0.05, 0) is 43.2 Å². The highest BCUT2D eigenvalue weighted by Gasteiger charge is 2.16. The third-order valence-corrected chi connectivity index (χ3v) is 3.43. The number of pyridine rings is 1. The second-order valence-corrected chi connectivity index (χ2v) is 4.92. The van der Waals surface area contributed by atoms with Crippen LogP contribution >= 0.6 is 0 Å². The van der Waals surface area contributed by atoms with Gasteiger partial charge in [-0.15, -0.1) is 0 Å². The first-order chi connectivity index (χ1) is 9.56. The molecule has 0 fully saturated rings. The average molecular weight is 270 g/mol. The number of nitrogens with zero attached hydrogens (tertiary/aromatic N) is 3. The molecule has 0 aliphatic carbocycles. The molecule has 0 aliphatic rings. The molecule has 102 valence electrons. The Labute approximate surface area is 116 Å². The van der Waals surface area contributed by atoms with E-state index in [9.17, 15) is 4.39 Å². The number of rotatable bonds is 2. The molecule has 2 heterocycles. The molecule has 1 aromatic carbocycles. The van der Waals surface area contributed by atoms with Gasteiger partial charge in [0.15, 0.2) is 5.65 Å². The van der Waals surface area contributed by atoms with Crippen molar-refractivity contribution in [1.82, 2.24) is 14.5 Å². The minimum atomic E-state index is -0.252. The smallest absolute Gasteiger partial charge is 0.203 e. The fraction of sp³-hybridized carbons (Fsp3) is 0.200. The van der Waals surface area contributed by atoms with Crippen LogP contribution in [0.5, 0.6) is 0 Å². The van der Waals surface area contributed by atoms with Crippen molar-refractivity contribution in [3.8, 4) is 0 Å². The van der Waals surface area contributed by atoms with Gasteiger partial charge < -0.3 is 5.73 Å². The zero-order valence-electron chi connectivity index (χ0n) is 11.3. The number of aryl methyl sites for hydroxylation is 1. The number of anilines is 1. The number of hydrogen-bond acceptors (Lipinski definition) is 3. The lowest BCUT2D eigenvalue weighted by Gasteiger charge is -2.15. The maximum absolute atomic E-state index is 13.0. The summed E-state index contributed by atoms with van der Waals surface area (Å²) in [6.45, 7) is 3.96. The maximum Gasteiger partial charge on any atom is 0.203 e. The van der Waals surface area contributed by atoms with Crippen LogP contribution in [0.15, 0.2) is 36.5 Å². The minimum absolute atomic E-state index is 0.0594. The second kappa shape index (κ2) is 4.59. The molecule has 0 saturated carbocycles. The third-order valence-electron chi connectivity index (χ3n) is 3.43. The van der Waals surface area contributed by atoms with Gasteiger partial charge in [0.05, 0.1) is 6.04 Å². The summed E-state index contributed by atoms with van der Waals surface area (Å²) in [5, 5.41) is 0. The molecule has 0 saturated heterocycles. The highest BCUT2D eigenvalue weighted by Crippen LogP contribution is 2.26. The average Bonchev–Trinajstić information content (AvgIpc) is 2.73. The van der Waals surface area contributed by atoms with Crippen LogP contribution in [0.3, 0.4) is 0 Å². The summed E-state index contributed by atoms with van der Waals surface area (Å²) in [5.74, 6) is 0.160. The van der Waals surface area contributed by atoms with Crippen LogP contribution < -0.4 is 5.73 Å². The van der Waals surface area contributed by atoms with Crippen LogP contribution in [0.4, 0.5) is 10.3 Å². The number of imidazole rings is 1. The first-order valence-electron chi connectivity index (χ1n) is 6.42. The van der Waals surface area contributed by atoms with Crippen LogP contribution in [0.1, 0.15) is 24.1 Å². The van der Waals surface area contributed by atoms with Crippen LogP contribution in [-0.2, 0) is 0 Å². The molecule has 20 heavy (non-hydrogen) atoms. The van der Waals surface area contributed by atoms with Crippen molar-refractivity contribution in [3.63, 3.8) is 0 Å². The van der Waals surface area contributed by atoms with Gasteiger partial charge in [-0.25, -0.2) is 14.4 Å². The number of benzene rings is 1. The Morgan fingerprint density at radius 3 is 2.65 bits per heavy atom. The Hall–Kier alpha value is -2.43. The Balaban J connectivity index is 2.13. The van der Waals surface area contributed by atoms with Crippen molar-refractivity contribution in [1.29, 1.82) is 0 Å². The second-order valence-electron chi connectivity index (χ2n) is 4.92. The monoisotopic (exact) mass is 270 g/mol. The summed E-state index contributed by atoms with van der Waals surface area (Å²) in [4.78, 5) is 8.75. The number of nitrogens with two attached hydrogens (primary N) is 1. The highest BCUT2D eigenvalue weighted by atomic mass is 19.1. The molecule has 3 aromatic rings. The zero-order chi connectivity index (χ0) is 14.3. The van der Waals surface area contributed by atoms with E-state index >= 15 is 0 Å². The summed E-state index contributed by atoms with van der Waals surface area (Å²) < 4.78 is 14.9. The number of aromatic nitrogens is 3. The first kappa shape index (κ1) is 12.6. The van der Waals surface area contributed by atoms with Crippen molar-refractivity contribution in [3.05, 3.63) is 53.5 Å². The van der Waals surface area contributed by atoms with Crippen molar-refractivity contribution in [2.45, 2.75) is 19.9 Å². The van der Waals surface area contributed by atoms with Crippen LogP contribution in [0.2, 0.25) is 0 Å². The number of halogens is 1. The zero-order valence-corrected chi connectivity index (χ0v) is 11.3. The number of nitrogen functional groups attached to an aromatic ring is 1. The van der Waals surface area contributed by atoms with Gasteiger partial charge in [0, 0.05) is 6.20 Å². The van der Waals surface area contributed by atoms with Gasteiger partial charge in [-0.2, -0.15) is 0 Å². The first-order valence-corrected chi connectivity index (χ1v) is 6.42. The molecule has 0 radical (unpaired) electrons. The van der Waals surface area contributed by atoms with Gasteiger partial charge in [-0.3, -0.25) is 4.57 Å². The fourth-order valence-corrected chi connectivity index (χ4v) is 2.37. The Bertz CT molecular complexity index is 761. The van der Waals surface area contributed by atoms with E-state index in [-0.39, 0.29) is 11.9 Å². The summed E-state index contributed by atoms with van der Waals surface area (Å²) in [6, 6.07) is 8.28. The van der Waals surface area contributed by atoms with Crippen LogP contribution in [-0.4, -0.2) is 14.5 Å². The standard InChI is InChI=1S/C15H15FN4/c1-9-7-13-14(18-8-9)20(15(17)19-13)10(2)11-3-5-12(16)6-4-11/h3-8,10H,1-2H3,(H2,17,19). The van der Waals surface area contributed by atoms with Crippen LogP contribution in [0, 0.1) is 12.7 Å². The van der Waals surface area contributed by atoms with E-state index in [0.29, 0.717) is 5.95 Å². The molecule has 0 bridgehead atoms. The third kappa shape index (κ3) is 2.01. The van der Waals surface area contributed by atoms with Crippen molar-refractivity contribution >= 4 is 17.1 Å². The molecule has 4 nitrogen and oxygen atoms in total. The van der Waals surface area contributed by atoms with Gasteiger partial charge in [0.1, 0.15) is 11.3 Å². The van der Waals surface area contributed by atoms with Crippen molar-refractivity contribution < 1.29 is 4.39 Å². The summed E-state index contributed by atoms with van der Waals surface area (Å²) >= 11 is 0. The lowest BCUT2D eigenvalue weighted by Crippen LogP contribution is -2.10. The van der Waals surface area contributed by atoms with Crippen LogP contribution in [0.25, 0.3) is 11.2 Å². The number of hydrogen-bond donors (Lipinski definition) is 1. The number of fused-ring (bicyclic) bond motifs is 1. The van der Waals surface area contributed by atoms with E-state index in [4.69, 9.17) is 5.73 Å². The minimum Gasteiger partial charge on any atom is -0.369 e. The topological polar surface area (TPSA) is 56.7 Å². The molecular formula is C15H15FN4. The highest BCUT2D eigenvalue weighted by molar-refractivity contribution is 5.75. The van der Waals surface area contributed by atoms with E-state index in [1.165, 1.54) is 12.1 Å². The Morgan fingerprint density at radius 1 is 1.25 bits per heavy atom. The van der Waals surface area contributed by atoms with Gasteiger partial charge >= 0.3 is 0 Å². The predicted molar refractivity (Wildman–Crippen MR) is 76.9 cm³/mol. The van der Waals surface area contributed by atoms with E-state index in [1.807, 2.05) is 24.5 Å². The van der Waals surface area contributed by atoms with E-state index < -0.39 is 0 Å². The van der Waals surface area contributed by atoms with E-state index in [2.05, 4.69) is 9.97 Å². The molecule has 3 rings (SSSR count). The molecule has 1 atom stereocenters. The molecule has 0 amide bonds. The lowest BCUT2D eigenvalue weighted by molar-refractivity contribution is 0.620. The summed E-state index contributed by atoms with van der Waals surface area (Å²) in [7, 11) is 0. The van der Waals surface area contributed by atoms with E-state index in [1.54, 1.807) is 18.3 Å². The molecule has 1 unspecified atom stereocenters. The van der Waals surface area contributed by atoms with Crippen molar-refractivity contribution in [2.24, 2.45) is 0 Å². The quantitative estimate of drug-likeness (QED) is 0.778. The van der Waals surface area contributed by atoms with E-state index in [0.717, 1.165) is 22.3 Å². The largest absolute Gasteiger partial charge is 0.369 e. The van der Waals surface area contributed by atoms with Crippen molar-refractivity contribution in [2.75, 3.05) is 5.73 Å². The molecule has 0 spiro atoms. The lowest BCUT2D eigenvalue weighted by atomic mass is 10.1. The summed E-state index contributed by atoms with van der Waals surface area (Å²) in [5.41, 5.74) is 9.52. The van der Waals surface area contributed by atoms with Gasteiger partial charge in [0.25, 0.3) is 0 Å². The predicted octanol–water partition coefficient (Wildman–Crippen LogP) is 3.07. The molecule has 0 aliphatic heterocycles. The Kier molecular flexibility index (Phi) is 2.89. The molecular weight excluding hydrogens is 255 g/mol. The van der Waals surface area contributed by atoms with Gasteiger partial charge in [-0.1, -0.05) is 12.1 Å². The normalized spacial score (nSPS) is 12.8. The summed E-state index contributed by atoms with van der Waals surface area (Å²) in [6.07, 6.45) is 1.79. The maximum atomic E-state index is 13.0.